The van der Waals surface area contributed by atoms with Gasteiger partial charge in [-0.2, -0.15) is 9.78 Å². The molecular formula is C28H23N3O2. The van der Waals surface area contributed by atoms with Crippen LogP contribution >= 0.6 is 0 Å². The molecule has 0 saturated carbocycles. The fourth-order valence-corrected chi connectivity index (χ4v) is 4.80. The summed E-state index contributed by atoms with van der Waals surface area (Å²) in [7, 11) is 0. The molecule has 0 fully saturated rings. The average Bonchev–Trinajstić information content (AvgIpc) is 3.24. The Morgan fingerprint density at radius 1 is 1.00 bits per heavy atom. The molecule has 0 atom stereocenters. The molecule has 5 heteroatoms. The molecule has 2 aromatic carbocycles. The van der Waals surface area contributed by atoms with Gasteiger partial charge in [0.15, 0.2) is 0 Å². The van der Waals surface area contributed by atoms with Crippen molar-refractivity contribution in [3.05, 3.63) is 95.3 Å². The number of ether oxygens (including phenoxy) is 1. The van der Waals surface area contributed by atoms with Gasteiger partial charge in [0.25, 0.3) is 5.91 Å². The van der Waals surface area contributed by atoms with E-state index in [1.807, 2.05) is 67.6 Å². The summed E-state index contributed by atoms with van der Waals surface area (Å²) in [5, 5.41) is 5.86. The number of hydrogen-bond acceptors (Lipinski definition) is 4. The summed E-state index contributed by atoms with van der Waals surface area (Å²) in [4.78, 5) is 18.2. The van der Waals surface area contributed by atoms with Gasteiger partial charge in [-0.15, -0.1) is 0 Å². The number of hydrogen-bond donors (Lipinski definition) is 0. The number of aromatic nitrogens is 3. The molecule has 162 valence electrons. The van der Waals surface area contributed by atoms with E-state index in [-0.39, 0.29) is 5.91 Å². The van der Waals surface area contributed by atoms with Crippen LogP contribution in [0.25, 0.3) is 33.5 Å². The zero-order valence-corrected chi connectivity index (χ0v) is 18.4. The van der Waals surface area contributed by atoms with Crippen LogP contribution < -0.4 is 0 Å². The highest BCUT2D eigenvalue weighted by molar-refractivity contribution is 6.23. The quantitative estimate of drug-likeness (QED) is 0.402. The highest BCUT2D eigenvalue weighted by atomic mass is 16.5. The molecule has 0 unspecified atom stereocenters. The SMILES string of the molecule is CC1=C(c2ccc3ncccc3c2)C(=O)n2nc(-c3ccccc3)c(C3=CCCCO3)c2C1. The number of pyridine rings is 1. The number of carbonyl (C=O) groups excluding carboxylic acids is 1. The van der Waals surface area contributed by atoms with Gasteiger partial charge >= 0.3 is 0 Å². The molecule has 2 aromatic heterocycles. The molecule has 33 heavy (non-hydrogen) atoms. The van der Waals surface area contributed by atoms with Crippen LogP contribution in [0.5, 0.6) is 0 Å². The third-order valence-electron chi connectivity index (χ3n) is 6.37. The van der Waals surface area contributed by atoms with Crippen molar-refractivity contribution >= 4 is 28.1 Å². The lowest BCUT2D eigenvalue weighted by atomic mass is 9.91. The van der Waals surface area contributed by atoms with Gasteiger partial charge < -0.3 is 4.74 Å². The van der Waals surface area contributed by atoms with Gasteiger partial charge in [0.1, 0.15) is 11.5 Å². The maximum atomic E-state index is 13.8. The van der Waals surface area contributed by atoms with Gasteiger partial charge in [-0.05, 0) is 49.6 Å². The number of allylic oxidation sites excluding steroid dienone is 3. The maximum absolute atomic E-state index is 13.8. The first-order valence-corrected chi connectivity index (χ1v) is 11.3. The third kappa shape index (κ3) is 3.28. The van der Waals surface area contributed by atoms with E-state index in [2.05, 4.69) is 11.1 Å². The first-order valence-electron chi connectivity index (χ1n) is 11.3. The van der Waals surface area contributed by atoms with Crippen LogP contribution in [0, 0.1) is 0 Å². The van der Waals surface area contributed by atoms with Crippen LogP contribution in [0.4, 0.5) is 0 Å². The summed E-state index contributed by atoms with van der Waals surface area (Å²) in [6.45, 7) is 2.73. The fraction of sp³-hybridized carbons (Fsp3) is 0.179. The van der Waals surface area contributed by atoms with E-state index in [1.54, 1.807) is 10.9 Å². The van der Waals surface area contributed by atoms with Crippen LogP contribution in [0.1, 0.15) is 41.4 Å². The molecule has 0 amide bonds. The van der Waals surface area contributed by atoms with Gasteiger partial charge in [0.2, 0.25) is 0 Å². The van der Waals surface area contributed by atoms with Crippen molar-refractivity contribution in [1.82, 2.24) is 14.8 Å². The highest BCUT2D eigenvalue weighted by Gasteiger charge is 2.33. The van der Waals surface area contributed by atoms with Crippen molar-refractivity contribution in [2.75, 3.05) is 6.61 Å². The van der Waals surface area contributed by atoms with E-state index >= 15 is 0 Å². The summed E-state index contributed by atoms with van der Waals surface area (Å²) in [5.74, 6) is 0.735. The van der Waals surface area contributed by atoms with Crippen LogP contribution in [0.15, 0.2) is 78.5 Å². The number of rotatable bonds is 3. The van der Waals surface area contributed by atoms with Crippen molar-refractivity contribution in [3.8, 4) is 11.3 Å². The highest BCUT2D eigenvalue weighted by Crippen LogP contribution is 2.39. The molecule has 5 nitrogen and oxygen atoms in total. The normalized spacial score (nSPS) is 15.9. The van der Waals surface area contributed by atoms with E-state index in [0.717, 1.165) is 63.2 Å². The lowest BCUT2D eigenvalue weighted by Crippen LogP contribution is -2.23. The molecule has 0 aliphatic carbocycles. The molecule has 2 aliphatic heterocycles. The Bertz CT molecular complexity index is 1460. The topological polar surface area (TPSA) is 57.0 Å². The number of fused-ring (bicyclic) bond motifs is 2. The Hall–Kier alpha value is -3.99. The van der Waals surface area contributed by atoms with Crippen molar-refractivity contribution in [2.45, 2.75) is 26.2 Å². The van der Waals surface area contributed by atoms with Crippen molar-refractivity contribution in [3.63, 3.8) is 0 Å². The second-order valence-corrected chi connectivity index (χ2v) is 8.56. The Morgan fingerprint density at radius 2 is 1.88 bits per heavy atom. The zero-order chi connectivity index (χ0) is 22.4. The van der Waals surface area contributed by atoms with Gasteiger partial charge in [-0.25, -0.2) is 0 Å². The number of carbonyl (C=O) groups is 1. The Morgan fingerprint density at radius 3 is 2.70 bits per heavy atom. The van der Waals surface area contributed by atoms with E-state index in [1.165, 1.54) is 0 Å². The molecule has 0 bridgehead atoms. The van der Waals surface area contributed by atoms with Gasteiger partial charge in [0, 0.05) is 29.1 Å². The fourth-order valence-electron chi connectivity index (χ4n) is 4.80. The zero-order valence-electron chi connectivity index (χ0n) is 18.4. The number of nitrogens with zero attached hydrogens (tertiary/aromatic N) is 3. The minimum Gasteiger partial charge on any atom is -0.493 e. The second-order valence-electron chi connectivity index (χ2n) is 8.56. The van der Waals surface area contributed by atoms with E-state index < -0.39 is 0 Å². The second kappa shape index (κ2) is 7.85. The summed E-state index contributed by atoms with van der Waals surface area (Å²) >= 11 is 0. The molecule has 6 rings (SSSR count). The Labute approximate surface area is 192 Å². The summed E-state index contributed by atoms with van der Waals surface area (Å²) in [6.07, 6.45) is 6.52. The van der Waals surface area contributed by atoms with Crippen LogP contribution in [0.2, 0.25) is 0 Å². The first-order chi connectivity index (χ1) is 16.2. The Balaban J connectivity index is 1.52. The number of benzene rings is 2. The predicted molar refractivity (Wildman–Crippen MR) is 129 cm³/mol. The van der Waals surface area contributed by atoms with Gasteiger partial charge in [-0.1, -0.05) is 48.0 Å². The van der Waals surface area contributed by atoms with Crippen molar-refractivity contribution in [2.24, 2.45) is 0 Å². The lowest BCUT2D eigenvalue weighted by molar-refractivity contribution is 0.0958. The van der Waals surface area contributed by atoms with Crippen LogP contribution in [-0.2, 0) is 11.2 Å². The largest absolute Gasteiger partial charge is 0.493 e. The van der Waals surface area contributed by atoms with Crippen molar-refractivity contribution in [1.29, 1.82) is 0 Å². The standard InChI is InChI=1S/C28H23N3O2/c1-18-16-23-26(24-11-5-6-15-33-24)27(19-8-3-2-4-9-19)30-31(23)28(32)25(18)21-12-13-22-20(17-21)10-7-14-29-22/h2-4,7-14,17H,5-6,15-16H2,1H3. The third-order valence-corrected chi connectivity index (χ3v) is 6.37. The molecule has 4 aromatic rings. The Kier molecular flexibility index (Phi) is 4.68. The minimum atomic E-state index is -0.100. The first kappa shape index (κ1) is 19.7. The van der Waals surface area contributed by atoms with Crippen LogP contribution in [-0.4, -0.2) is 27.3 Å². The van der Waals surface area contributed by atoms with Crippen LogP contribution in [0.3, 0.4) is 0 Å². The lowest BCUT2D eigenvalue weighted by Gasteiger charge is -2.21. The average molecular weight is 434 g/mol. The van der Waals surface area contributed by atoms with E-state index in [9.17, 15) is 4.79 Å². The van der Waals surface area contributed by atoms with Crippen molar-refractivity contribution < 1.29 is 9.53 Å². The molecule has 4 heterocycles. The maximum Gasteiger partial charge on any atom is 0.279 e. The van der Waals surface area contributed by atoms with Gasteiger partial charge in [-0.3, -0.25) is 9.78 Å². The summed E-state index contributed by atoms with van der Waals surface area (Å²) in [5.41, 5.74) is 7.17. The van der Waals surface area contributed by atoms with E-state index in [0.29, 0.717) is 18.6 Å². The van der Waals surface area contributed by atoms with E-state index in [4.69, 9.17) is 9.84 Å². The molecule has 2 aliphatic rings. The molecule has 0 radical (unpaired) electrons. The smallest absolute Gasteiger partial charge is 0.279 e. The summed E-state index contributed by atoms with van der Waals surface area (Å²) < 4.78 is 7.64. The molecule has 0 N–H and O–H groups in total. The molecule has 0 spiro atoms. The van der Waals surface area contributed by atoms with Gasteiger partial charge in [0.05, 0.1) is 23.4 Å². The predicted octanol–water partition coefficient (Wildman–Crippen LogP) is 5.92. The minimum absolute atomic E-state index is 0.100. The molecule has 0 saturated heterocycles. The summed E-state index contributed by atoms with van der Waals surface area (Å²) in [6, 6.07) is 20.0. The monoisotopic (exact) mass is 433 g/mol. The molecular weight excluding hydrogens is 410 g/mol.